The van der Waals surface area contributed by atoms with E-state index in [-0.39, 0.29) is 0 Å². The summed E-state index contributed by atoms with van der Waals surface area (Å²) in [5.41, 5.74) is 12.5. The number of aromatic nitrogens is 4. The van der Waals surface area contributed by atoms with Crippen molar-refractivity contribution in [3.63, 3.8) is 0 Å². The zero-order valence-corrected chi connectivity index (χ0v) is 34.3. The number of rotatable bonds is 10. The molecular formula is C57H40N6. The Morgan fingerprint density at radius 3 is 0.905 bits per heavy atom. The lowest BCUT2D eigenvalue weighted by Gasteiger charge is -2.26. The van der Waals surface area contributed by atoms with Gasteiger partial charge in [-0.2, -0.15) is 0 Å². The number of hydrogen-bond acceptors (Lipinski definition) is 5. The van der Waals surface area contributed by atoms with E-state index in [2.05, 4.69) is 196 Å². The molecule has 0 saturated heterocycles. The van der Waals surface area contributed by atoms with Gasteiger partial charge in [-0.15, -0.1) is 0 Å². The Bertz CT molecular complexity index is 3030. The number of para-hydroxylation sites is 4. The van der Waals surface area contributed by atoms with Gasteiger partial charge in [0.2, 0.25) is 0 Å². The molecule has 11 aromatic rings. The van der Waals surface area contributed by atoms with Gasteiger partial charge in [0.25, 0.3) is 0 Å². The molecule has 0 N–H and O–H groups in total. The molecule has 0 bridgehead atoms. The van der Waals surface area contributed by atoms with Crippen LogP contribution >= 0.6 is 0 Å². The zero-order valence-electron chi connectivity index (χ0n) is 34.3. The first-order valence-electron chi connectivity index (χ1n) is 21.1. The zero-order chi connectivity index (χ0) is 42.0. The molecule has 0 atom stereocenters. The molecule has 6 nitrogen and oxygen atoms in total. The van der Waals surface area contributed by atoms with E-state index in [1.54, 1.807) is 0 Å². The SMILES string of the molecule is c1ccc(-c2nc(-c3ccccc3)nc(-c3ccc(-n4c5ccc(N(c6ccccc6)c6ccccc6)cc5c5cc(N(c6ccccc6)c6ccccc6)ccc54)cc3)n2)cc1. The molecule has 9 aromatic carbocycles. The molecule has 0 spiro atoms. The van der Waals surface area contributed by atoms with Gasteiger partial charge in [-0.05, 0) is 109 Å². The Balaban J connectivity index is 1.09. The first-order valence-corrected chi connectivity index (χ1v) is 21.1. The van der Waals surface area contributed by atoms with Gasteiger partial charge in [0.1, 0.15) is 0 Å². The molecule has 0 fully saturated rings. The lowest BCUT2D eigenvalue weighted by atomic mass is 10.1. The van der Waals surface area contributed by atoms with Crippen LogP contribution in [0.5, 0.6) is 0 Å². The Morgan fingerprint density at radius 2 is 0.571 bits per heavy atom. The highest BCUT2D eigenvalue weighted by Crippen LogP contribution is 2.43. The van der Waals surface area contributed by atoms with Gasteiger partial charge >= 0.3 is 0 Å². The molecule has 0 aliphatic carbocycles. The van der Waals surface area contributed by atoms with Gasteiger partial charge in [-0.25, -0.2) is 15.0 Å². The van der Waals surface area contributed by atoms with Crippen LogP contribution in [0.15, 0.2) is 243 Å². The highest BCUT2D eigenvalue weighted by atomic mass is 15.2. The largest absolute Gasteiger partial charge is 0.310 e. The molecule has 63 heavy (non-hydrogen) atoms. The maximum absolute atomic E-state index is 5.01. The van der Waals surface area contributed by atoms with E-state index < -0.39 is 0 Å². The molecule has 0 saturated carbocycles. The second-order valence-corrected chi connectivity index (χ2v) is 15.3. The van der Waals surface area contributed by atoms with E-state index in [0.717, 1.165) is 78.3 Å². The smallest absolute Gasteiger partial charge is 0.164 e. The Hall–Kier alpha value is -8.61. The van der Waals surface area contributed by atoms with E-state index in [1.807, 2.05) is 60.7 Å². The van der Waals surface area contributed by atoms with Crippen molar-refractivity contribution in [2.45, 2.75) is 0 Å². The van der Waals surface area contributed by atoms with Crippen molar-refractivity contribution in [3.8, 4) is 39.9 Å². The highest BCUT2D eigenvalue weighted by Gasteiger charge is 2.20. The van der Waals surface area contributed by atoms with Crippen LogP contribution in [-0.4, -0.2) is 19.5 Å². The Labute approximate surface area is 366 Å². The van der Waals surface area contributed by atoms with E-state index in [4.69, 9.17) is 15.0 Å². The third-order valence-corrected chi connectivity index (χ3v) is 11.4. The lowest BCUT2D eigenvalue weighted by Crippen LogP contribution is -2.09. The van der Waals surface area contributed by atoms with Crippen molar-refractivity contribution in [2.24, 2.45) is 0 Å². The molecule has 0 unspecified atom stereocenters. The van der Waals surface area contributed by atoms with E-state index in [1.165, 1.54) is 0 Å². The van der Waals surface area contributed by atoms with Gasteiger partial charge < -0.3 is 14.4 Å². The summed E-state index contributed by atoms with van der Waals surface area (Å²) < 4.78 is 2.37. The average Bonchev–Trinajstić information content (AvgIpc) is 3.69. The topological polar surface area (TPSA) is 50.1 Å². The van der Waals surface area contributed by atoms with Crippen LogP contribution in [0.3, 0.4) is 0 Å². The fraction of sp³-hybridized carbons (Fsp3) is 0. The first-order chi connectivity index (χ1) is 31.2. The van der Waals surface area contributed by atoms with Crippen LogP contribution in [0.2, 0.25) is 0 Å². The lowest BCUT2D eigenvalue weighted by molar-refractivity contribution is 1.07. The second-order valence-electron chi connectivity index (χ2n) is 15.3. The minimum Gasteiger partial charge on any atom is -0.310 e. The normalized spacial score (nSPS) is 11.2. The third-order valence-electron chi connectivity index (χ3n) is 11.4. The standard InChI is InChI=1S/C57H40N6/c1-7-19-41(20-8-1)55-58-56(42-21-9-2-10-22-42)60-57(59-55)43-31-33-48(34-32-43)63-53-37-35-49(61(44-23-11-3-12-24-44)45-25-13-4-14-26-45)39-51(53)52-40-50(36-38-54(52)63)62(46-27-15-5-16-28-46)47-29-17-6-18-30-47/h1-40H. The van der Waals surface area contributed by atoms with Crippen molar-refractivity contribution in [3.05, 3.63) is 243 Å². The third kappa shape index (κ3) is 7.26. The minimum absolute atomic E-state index is 0.620. The van der Waals surface area contributed by atoms with E-state index >= 15 is 0 Å². The summed E-state index contributed by atoms with van der Waals surface area (Å²) in [6.45, 7) is 0. The number of fused-ring (bicyclic) bond motifs is 3. The molecule has 2 heterocycles. The Kier molecular flexibility index (Phi) is 9.76. The summed E-state index contributed by atoms with van der Waals surface area (Å²) in [5, 5.41) is 2.28. The summed E-state index contributed by atoms with van der Waals surface area (Å²) in [5.74, 6) is 1.89. The van der Waals surface area contributed by atoms with Crippen LogP contribution in [0, 0.1) is 0 Å². The molecule has 298 valence electrons. The number of hydrogen-bond donors (Lipinski definition) is 0. The number of benzene rings is 9. The van der Waals surface area contributed by atoms with Crippen molar-refractivity contribution in [1.29, 1.82) is 0 Å². The predicted molar refractivity (Wildman–Crippen MR) is 260 cm³/mol. The van der Waals surface area contributed by atoms with Gasteiger partial charge in [-0.3, -0.25) is 0 Å². The fourth-order valence-electron chi connectivity index (χ4n) is 8.46. The van der Waals surface area contributed by atoms with Crippen molar-refractivity contribution >= 4 is 55.9 Å². The molecule has 11 rings (SSSR count). The summed E-state index contributed by atoms with van der Waals surface area (Å²) in [7, 11) is 0. The predicted octanol–water partition coefficient (Wildman–Crippen LogP) is 14.9. The van der Waals surface area contributed by atoms with Crippen molar-refractivity contribution < 1.29 is 0 Å². The number of nitrogens with zero attached hydrogens (tertiary/aromatic N) is 6. The Morgan fingerprint density at radius 1 is 0.270 bits per heavy atom. The van der Waals surface area contributed by atoms with Crippen LogP contribution in [0.25, 0.3) is 61.7 Å². The molecule has 0 radical (unpaired) electrons. The van der Waals surface area contributed by atoms with Gasteiger partial charge in [-0.1, -0.05) is 133 Å². The van der Waals surface area contributed by atoms with Gasteiger partial charge in [0.05, 0.1) is 11.0 Å². The summed E-state index contributed by atoms with van der Waals surface area (Å²) >= 11 is 0. The van der Waals surface area contributed by atoms with E-state index in [9.17, 15) is 0 Å². The van der Waals surface area contributed by atoms with Crippen LogP contribution in [0.4, 0.5) is 34.1 Å². The van der Waals surface area contributed by atoms with Crippen LogP contribution in [-0.2, 0) is 0 Å². The first kappa shape index (κ1) is 37.4. The second kappa shape index (κ2) is 16.4. The minimum atomic E-state index is 0.620. The van der Waals surface area contributed by atoms with Crippen molar-refractivity contribution in [2.75, 3.05) is 9.80 Å². The summed E-state index contributed by atoms with van der Waals surface area (Å²) in [4.78, 5) is 19.6. The van der Waals surface area contributed by atoms with Crippen LogP contribution in [0.1, 0.15) is 0 Å². The fourth-order valence-corrected chi connectivity index (χ4v) is 8.46. The van der Waals surface area contributed by atoms with Gasteiger partial charge in [0, 0.05) is 67.3 Å². The number of anilines is 6. The summed E-state index contributed by atoms with van der Waals surface area (Å²) in [6.07, 6.45) is 0. The average molecular weight is 809 g/mol. The molecule has 6 heteroatoms. The maximum Gasteiger partial charge on any atom is 0.164 e. The van der Waals surface area contributed by atoms with Crippen molar-refractivity contribution in [1.82, 2.24) is 19.5 Å². The summed E-state index contributed by atoms with van der Waals surface area (Å²) in [6, 6.07) is 84.7. The monoisotopic (exact) mass is 808 g/mol. The molecular weight excluding hydrogens is 769 g/mol. The molecule has 0 aliphatic rings. The van der Waals surface area contributed by atoms with Gasteiger partial charge in [0.15, 0.2) is 17.5 Å². The molecule has 2 aromatic heterocycles. The molecule has 0 aliphatic heterocycles. The van der Waals surface area contributed by atoms with Crippen LogP contribution < -0.4 is 9.80 Å². The highest BCUT2D eigenvalue weighted by molar-refractivity contribution is 6.12. The maximum atomic E-state index is 5.01. The van der Waals surface area contributed by atoms with E-state index in [0.29, 0.717) is 17.5 Å². The molecule has 0 amide bonds. The quantitative estimate of drug-likeness (QED) is 0.138.